The molecule has 0 unspecified atom stereocenters. The fourth-order valence-corrected chi connectivity index (χ4v) is 2.63. The Hall–Kier alpha value is -3.53. The van der Waals surface area contributed by atoms with Crippen LogP contribution >= 0.6 is 11.8 Å². The first kappa shape index (κ1) is 18.3. The number of amides is 1. The lowest BCUT2D eigenvalue weighted by molar-refractivity contribution is -0.115. The number of carbonyl (C=O) groups is 1. The normalized spacial score (nSPS) is 10.8. The van der Waals surface area contributed by atoms with Crippen LogP contribution in [-0.4, -0.2) is 32.7 Å². The van der Waals surface area contributed by atoms with Gasteiger partial charge >= 0.3 is 0 Å². The Morgan fingerprint density at radius 2 is 1.96 bits per heavy atom. The number of nitrogen functional groups attached to an aromatic ring is 1. The fraction of sp³-hybridized carbons (Fsp3) is 0.0588. The van der Waals surface area contributed by atoms with E-state index in [4.69, 9.17) is 16.3 Å². The summed E-state index contributed by atoms with van der Waals surface area (Å²) in [6.07, 6.45) is 1.60. The highest BCUT2D eigenvalue weighted by Gasteiger charge is 2.10. The SMILES string of the molecule is NC(=O)CSc1nnc(N/N=C/c2cccc(Oc3ccccc3)c2)n1N. The van der Waals surface area contributed by atoms with E-state index in [0.29, 0.717) is 10.9 Å². The molecule has 0 fully saturated rings. The van der Waals surface area contributed by atoms with Crippen LogP contribution in [0.25, 0.3) is 0 Å². The maximum atomic E-state index is 10.8. The topological polar surface area (TPSA) is 133 Å². The first-order chi connectivity index (χ1) is 13.1. The number of thioether (sulfide) groups is 1. The zero-order valence-corrected chi connectivity index (χ0v) is 15.0. The molecule has 3 aromatic rings. The third-order valence-corrected chi connectivity index (χ3v) is 4.19. The minimum Gasteiger partial charge on any atom is -0.457 e. The first-order valence-corrected chi connectivity index (χ1v) is 8.84. The summed E-state index contributed by atoms with van der Waals surface area (Å²) in [6.45, 7) is 0. The number of aromatic nitrogens is 3. The van der Waals surface area contributed by atoms with Crippen molar-refractivity contribution in [3.8, 4) is 11.5 Å². The molecule has 0 atom stereocenters. The van der Waals surface area contributed by atoms with E-state index in [2.05, 4.69) is 20.7 Å². The van der Waals surface area contributed by atoms with Crippen LogP contribution in [0.5, 0.6) is 11.5 Å². The van der Waals surface area contributed by atoms with E-state index >= 15 is 0 Å². The Labute approximate surface area is 159 Å². The Kier molecular flexibility index (Phi) is 5.90. The predicted octanol–water partition coefficient (Wildman–Crippen LogP) is 1.81. The molecular weight excluding hydrogens is 366 g/mol. The Balaban J connectivity index is 1.62. The number of nitrogens with zero attached hydrogens (tertiary/aromatic N) is 4. The minimum absolute atomic E-state index is 0.0623. The van der Waals surface area contributed by atoms with Gasteiger partial charge in [-0.1, -0.05) is 42.1 Å². The van der Waals surface area contributed by atoms with Crippen LogP contribution in [0, 0.1) is 0 Å². The summed E-state index contributed by atoms with van der Waals surface area (Å²) >= 11 is 1.09. The zero-order valence-electron chi connectivity index (χ0n) is 14.1. The van der Waals surface area contributed by atoms with Crippen molar-refractivity contribution in [3.63, 3.8) is 0 Å². The van der Waals surface area contributed by atoms with Crippen LogP contribution in [0.2, 0.25) is 0 Å². The van der Waals surface area contributed by atoms with Gasteiger partial charge in [0.25, 0.3) is 5.95 Å². The Morgan fingerprint density at radius 1 is 1.19 bits per heavy atom. The summed E-state index contributed by atoms with van der Waals surface area (Å²) < 4.78 is 6.98. The number of hydrazone groups is 1. The van der Waals surface area contributed by atoms with E-state index in [0.717, 1.165) is 23.1 Å². The number of carbonyl (C=O) groups excluding carboxylic acids is 1. The molecule has 1 aromatic heterocycles. The highest BCUT2D eigenvalue weighted by Crippen LogP contribution is 2.21. The van der Waals surface area contributed by atoms with Gasteiger partial charge in [-0.25, -0.2) is 10.1 Å². The van der Waals surface area contributed by atoms with Gasteiger partial charge in [0, 0.05) is 0 Å². The van der Waals surface area contributed by atoms with Gasteiger partial charge in [0.2, 0.25) is 11.1 Å². The minimum atomic E-state index is -0.465. The fourth-order valence-electron chi connectivity index (χ4n) is 2.03. The average molecular weight is 383 g/mol. The third kappa shape index (κ3) is 5.22. The van der Waals surface area contributed by atoms with Crippen LogP contribution in [0.3, 0.4) is 0 Å². The second-order valence-electron chi connectivity index (χ2n) is 5.29. The lowest BCUT2D eigenvalue weighted by Crippen LogP contribution is -2.16. The predicted molar refractivity (Wildman–Crippen MR) is 104 cm³/mol. The summed E-state index contributed by atoms with van der Waals surface area (Å²) in [4.78, 5) is 10.8. The summed E-state index contributed by atoms with van der Waals surface area (Å²) in [5.41, 5.74) is 8.62. The number of ether oxygens (including phenoxy) is 1. The van der Waals surface area contributed by atoms with E-state index < -0.39 is 5.91 Å². The maximum Gasteiger partial charge on any atom is 0.264 e. The van der Waals surface area contributed by atoms with Crippen molar-refractivity contribution in [2.45, 2.75) is 5.16 Å². The number of nitrogens with two attached hydrogens (primary N) is 2. The molecule has 0 radical (unpaired) electrons. The van der Waals surface area contributed by atoms with Gasteiger partial charge < -0.3 is 16.3 Å². The van der Waals surface area contributed by atoms with E-state index in [1.54, 1.807) is 6.21 Å². The van der Waals surface area contributed by atoms with E-state index in [9.17, 15) is 4.79 Å². The highest BCUT2D eigenvalue weighted by atomic mass is 32.2. The molecule has 10 heteroatoms. The molecule has 0 aliphatic carbocycles. The van der Waals surface area contributed by atoms with Gasteiger partial charge in [-0.05, 0) is 29.8 Å². The second-order valence-corrected chi connectivity index (χ2v) is 6.23. The molecule has 0 bridgehead atoms. The molecule has 9 nitrogen and oxygen atoms in total. The highest BCUT2D eigenvalue weighted by molar-refractivity contribution is 7.99. The number of rotatable bonds is 8. The Bertz CT molecular complexity index is 943. The van der Waals surface area contributed by atoms with E-state index in [-0.39, 0.29) is 11.7 Å². The average Bonchev–Trinajstić information content (AvgIpc) is 3.01. The monoisotopic (exact) mass is 383 g/mol. The zero-order chi connectivity index (χ0) is 19.1. The third-order valence-electron chi connectivity index (χ3n) is 3.22. The van der Waals surface area contributed by atoms with E-state index in [1.165, 1.54) is 4.68 Å². The molecule has 27 heavy (non-hydrogen) atoms. The van der Waals surface area contributed by atoms with Crippen molar-refractivity contribution < 1.29 is 9.53 Å². The molecular formula is C17H17N7O2S. The number of benzene rings is 2. The van der Waals surface area contributed by atoms with Crippen LogP contribution in [-0.2, 0) is 4.79 Å². The summed E-state index contributed by atoms with van der Waals surface area (Å²) in [6, 6.07) is 16.9. The molecule has 0 spiro atoms. The molecule has 5 N–H and O–H groups in total. The number of para-hydroxylation sites is 1. The molecule has 0 aliphatic rings. The molecule has 0 saturated heterocycles. The van der Waals surface area contributed by atoms with Gasteiger partial charge in [-0.3, -0.25) is 4.79 Å². The number of hydrogen-bond acceptors (Lipinski definition) is 8. The lowest BCUT2D eigenvalue weighted by atomic mass is 10.2. The summed E-state index contributed by atoms with van der Waals surface area (Å²) in [5.74, 6) is 7.11. The molecule has 3 rings (SSSR count). The lowest BCUT2D eigenvalue weighted by Gasteiger charge is -2.05. The molecule has 1 amide bonds. The van der Waals surface area contributed by atoms with Crippen molar-refractivity contribution in [1.82, 2.24) is 14.9 Å². The van der Waals surface area contributed by atoms with Crippen LogP contribution < -0.4 is 21.7 Å². The number of primary amides is 1. The van der Waals surface area contributed by atoms with Crippen molar-refractivity contribution in [3.05, 3.63) is 60.2 Å². The van der Waals surface area contributed by atoms with Crippen molar-refractivity contribution in [2.75, 3.05) is 17.0 Å². The number of anilines is 1. The maximum absolute atomic E-state index is 10.8. The molecule has 1 heterocycles. The Morgan fingerprint density at radius 3 is 2.74 bits per heavy atom. The standard InChI is InChI=1S/C17H17N7O2S/c18-15(25)11-27-17-23-22-16(24(17)19)21-20-10-12-5-4-8-14(9-12)26-13-6-2-1-3-7-13/h1-10H,11,19H2,(H2,18,25)(H,21,22)/b20-10+. The summed E-state index contributed by atoms with van der Waals surface area (Å²) in [7, 11) is 0. The van der Waals surface area contributed by atoms with Gasteiger partial charge in [0.1, 0.15) is 11.5 Å². The van der Waals surface area contributed by atoms with Crippen LogP contribution in [0.1, 0.15) is 5.56 Å². The van der Waals surface area contributed by atoms with Gasteiger partial charge in [-0.15, -0.1) is 10.2 Å². The summed E-state index contributed by atoms with van der Waals surface area (Å²) in [5, 5.41) is 12.2. The molecule has 2 aromatic carbocycles. The molecule has 0 aliphatic heterocycles. The number of nitrogens with one attached hydrogen (secondary N) is 1. The van der Waals surface area contributed by atoms with Crippen LogP contribution in [0.4, 0.5) is 5.95 Å². The van der Waals surface area contributed by atoms with Crippen LogP contribution in [0.15, 0.2) is 64.9 Å². The molecule has 0 saturated carbocycles. The van der Waals surface area contributed by atoms with Crippen molar-refractivity contribution in [1.29, 1.82) is 0 Å². The molecule has 138 valence electrons. The first-order valence-electron chi connectivity index (χ1n) is 7.85. The number of hydrogen-bond donors (Lipinski definition) is 3. The smallest absolute Gasteiger partial charge is 0.264 e. The largest absolute Gasteiger partial charge is 0.457 e. The van der Waals surface area contributed by atoms with Gasteiger partial charge in [0.05, 0.1) is 12.0 Å². The van der Waals surface area contributed by atoms with Crippen molar-refractivity contribution in [2.24, 2.45) is 10.8 Å². The van der Waals surface area contributed by atoms with Gasteiger partial charge in [0.15, 0.2) is 0 Å². The van der Waals surface area contributed by atoms with E-state index in [1.807, 2.05) is 54.6 Å². The van der Waals surface area contributed by atoms with Crippen molar-refractivity contribution >= 4 is 29.8 Å². The van der Waals surface area contributed by atoms with Gasteiger partial charge in [-0.2, -0.15) is 5.10 Å². The second kappa shape index (κ2) is 8.72. The quantitative estimate of drug-likeness (QED) is 0.234.